The molecule has 0 unspecified atom stereocenters. The second-order valence-electron chi connectivity index (χ2n) is 11.5. The number of aromatic nitrogens is 5. The minimum Gasteiger partial charge on any atom is -0.364 e. The monoisotopic (exact) mass is 522 g/mol. The van der Waals surface area contributed by atoms with Crippen molar-refractivity contribution in [2.75, 3.05) is 13.1 Å². The second-order valence-corrected chi connectivity index (χ2v) is 11.5. The number of hydrogen-bond acceptors (Lipinski definition) is 6. The molecule has 1 saturated carbocycles. The van der Waals surface area contributed by atoms with Crippen LogP contribution in [0.1, 0.15) is 66.5 Å². The van der Waals surface area contributed by atoms with Crippen LogP contribution >= 0.6 is 0 Å². The Morgan fingerprint density at radius 3 is 2.82 bits per heavy atom. The SMILES string of the molecule is C[C@H]1CCCN(Cc2cc(C(N)=O)nc3ccn(-c4cccc(C5(c6nncn6C)CC(CC#N)C5)c4)c23)C1. The fraction of sp³-hybridized carbons (Fsp3) is 0.433. The number of carbonyl (C=O) groups excluding carboxylic acids is 1. The van der Waals surface area contributed by atoms with E-state index in [-0.39, 0.29) is 5.41 Å². The number of aryl methyl sites for hydroxylation is 1. The molecule has 39 heavy (non-hydrogen) atoms. The van der Waals surface area contributed by atoms with Gasteiger partial charge in [-0.25, -0.2) is 4.98 Å². The number of fused-ring (bicyclic) bond motifs is 1. The minimum atomic E-state index is -0.512. The number of benzene rings is 1. The van der Waals surface area contributed by atoms with Crippen LogP contribution in [0, 0.1) is 23.2 Å². The maximum atomic E-state index is 12.1. The van der Waals surface area contributed by atoms with Crippen LogP contribution in [0.25, 0.3) is 16.7 Å². The summed E-state index contributed by atoms with van der Waals surface area (Å²) in [4.78, 5) is 19.2. The average molecular weight is 523 g/mol. The van der Waals surface area contributed by atoms with E-state index in [1.807, 2.05) is 29.9 Å². The summed E-state index contributed by atoms with van der Waals surface area (Å²) in [6, 6.07) is 14.7. The number of carbonyl (C=O) groups is 1. The lowest BCUT2D eigenvalue weighted by Crippen LogP contribution is -2.44. The molecule has 0 spiro atoms. The van der Waals surface area contributed by atoms with Crippen molar-refractivity contribution in [3.63, 3.8) is 0 Å². The zero-order valence-electron chi connectivity index (χ0n) is 22.5. The Labute approximate surface area is 228 Å². The highest BCUT2D eigenvalue weighted by atomic mass is 16.1. The van der Waals surface area contributed by atoms with Crippen molar-refractivity contribution >= 4 is 16.9 Å². The lowest BCUT2D eigenvalue weighted by Gasteiger charge is -2.46. The van der Waals surface area contributed by atoms with Gasteiger partial charge in [0.05, 0.1) is 22.5 Å². The van der Waals surface area contributed by atoms with Crippen LogP contribution in [0.4, 0.5) is 0 Å². The fourth-order valence-electron chi connectivity index (χ4n) is 6.78. The first-order chi connectivity index (χ1) is 18.9. The third kappa shape index (κ3) is 4.49. The molecule has 1 saturated heterocycles. The topological polar surface area (TPSA) is 119 Å². The normalized spacial score (nSPS) is 23.4. The molecule has 9 nitrogen and oxygen atoms in total. The van der Waals surface area contributed by atoms with Gasteiger partial charge < -0.3 is 14.9 Å². The quantitative estimate of drug-likeness (QED) is 0.390. The van der Waals surface area contributed by atoms with Crippen LogP contribution in [0.5, 0.6) is 0 Å². The number of nitrogens with two attached hydrogens (primary N) is 1. The largest absolute Gasteiger partial charge is 0.364 e. The van der Waals surface area contributed by atoms with Crippen molar-refractivity contribution in [1.82, 2.24) is 29.2 Å². The summed E-state index contributed by atoms with van der Waals surface area (Å²) in [6.07, 6.45) is 8.48. The van der Waals surface area contributed by atoms with E-state index >= 15 is 0 Å². The third-order valence-corrected chi connectivity index (χ3v) is 8.58. The summed E-state index contributed by atoms with van der Waals surface area (Å²) in [5.74, 6) is 1.42. The van der Waals surface area contributed by atoms with Crippen LogP contribution in [0.2, 0.25) is 0 Å². The first-order valence-electron chi connectivity index (χ1n) is 13.7. The van der Waals surface area contributed by atoms with Crippen molar-refractivity contribution in [3.05, 3.63) is 71.6 Å². The first-order valence-corrected chi connectivity index (χ1v) is 13.7. The number of likely N-dealkylation sites (tertiary alicyclic amines) is 1. The molecule has 2 aliphatic rings. The maximum Gasteiger partial charge on any atom is 0.267 e. The van der Waals surface area contributed by atoms with Gasteiger partial charge in [-0.1, -0.05) is 19.1 Å². The number of amides is 1. The highest BCUT2D eigenvalue weighted by molar-refractivity contribution is 5.94. The molecule has 1 atom stereocenters. The highest BCUT2D eigenvalue weighted by Crippen LogP contribution is 2.53. The molecular weight excluding hydrogens is 488 g/mol. The number of nitrogens with zero attached hydrogens (tertiary/aromatic N) is 7. The molecule has 1 amide bonds. The van der Waals surface area contributed by atoms with E-state index in [4.69, 9.17) is 5.73 Å². The third-order valence-electron chi connectivity index (χ3n) is 8.58. The number of piperidine rings is 1. The van der Waals surface area contributed by atoms with E-state index in [1.54, 1.807) is 6.33 Å². The fourth-order valence-corrected chi connectivity index (χ4v) is 6.78. The summed E-state index contributed by atoms with van der Waals surface area (Å²) in [6.45, 7) is 5.12. The Kier molecular flexibility index (Phi) is 6.43. The van der Waals surface area contributed by atoms with E-state index in [9.17, 15) is 10.1 Å². The molecule has 0 radical (unpaired) electrons. The zero-order chi connectivity index (χ0) is 27.1. The molecular formula is C30H34N8O. The molecule has 1 aromatic carbocycles. The van der Waals surface area contributed by atoms with E-state index in [2.05, 4.69) is 61.9 Å². The standard InChI is InChI=1S/C30H34N8O/c1-20-5-4-11-37(17-20)18-22-13-26(28(32)39)34-25-9-12-38(27(22)25)24-7-3-6-23(14-24)30(15-21(16-30)8-10-31)29-35-33-19-36(29)2/h3,6-7,9,12-14,19-21H,4-5,8,11,15-18H2,1-2H3,(H2,32,39)/t20-,21?,30?/m0/s1. The average Bonchev–Trinajstić information content (AvgIpc) is 3.53. The Morgan fingerprint density at radius 1 is 1.26 bits per heavy atom. The number of primary amides is 1. The van der Waals surface area contributed by atoms with E-state index in [1.165, 1.54) is 18.4 Å². The number of nitriles is 1. The Balaban J connectivity index is 1.44. The molecule has 1 aliphatic heterocycles. The molecule has 3 aromatic heterocycles. The lowest BCUT2D eigenvalue weighted by molar-refractivity contribution is 0.0995. The molecule has 1 aliphatic carbocycles. The van der Waals surface area contributed by atoms with Crippen molar-refractivity contribution in [3.8, 4) is 11.8 Å². The van der Waals surface area contributed by atoms with Gasteiger partial charge in [0.15, 0.2) is 0 Å². The Hall–Kier alpha value is -4.03. The van der Waals surface area contributed by atoms with Crippen molar-refractivity contribution in [1.29, 1.82) is 5.26 Å². The molecule has 9 heteroatoms. The Bertz CT molecular complexity index is 1570. The van der Waals surface area contributed by atoms with Crippen molar-refractivity contribution < 1.29 is 4.79 Å². The van der Waals surface area contributed by atoms with Gasteiger partial charge in [-0.15, -0.1) is 10.2 Å². The predicted octanol–water partition coefficient (Wildman–Crippen LogP) is 4.09. The smallest absolute Gasteiger partial charge is 0.267 e. The molecule has 4 aromatic rings. The molecule has 200 valence electrons. The van der Waals surface area contributed by atoms with Crippen LogP contribution in [0.3, 0.4) is 0 Å². The van der Waals surface area contributed by atoms with Gasteiger partial charge in [0, 0.05) is 38.4 Å². The van der Waals surface area contributed by atoms with E-state index in [0.29, 0.717) is 24.0 Å². The summed E-state index contributed by atoms with van der Waals surface area (Å²) in [5, 5.41) is 17.9. The van der Waals surface area contributed by atoms with Crippen LogP contribution in [0.15, 0.2) is 48.9 Å². The van der Waals surface area contributed by atoms with E-state index < -0.39 is 5.91 Å². The van der Waals surface area contributed by atoms with Crippen LogP contribution < -0.4 is 5.73 Å². The van der Waals surface area contributed by atoms with Gasteiger partial charge in [-0.05, 0) is 79.5 Å². The molecule has 0 bridgehead atoms. The minimum absolute atomic E-state index is 0.282. The van der Waals surface area contributed by atoms with Gasteiger partial charge in [-0.2, -0.15) is 5.26 Å². The first kappa shape index (κ1) is 25.3. The van der Waals surface area contributed by atoms with Crippen LogP contribution in [-0.4, -0.2) is 48.2 Å². The van der Waals surface area contributed by atoms with Crippen molar-refractivity contribution in [2.45, 2.75) is 51.0 Å². The second kappa shape index (κ2) is 9.93. The summed E-state index contributed by atoms with van der Waals surface area (Å²) in [5.41, 5.74) is 10.7. The highest BCUT2D eigenvalue weighted by Gasteiger charge is 2.49. The zero-order valence-corrected chi connectivity index (χ0v) is 22.5. The van der Waals surface area contributed by atoms with Crippen molar-refractivity contribution in [2.24, 2.45) is 24.6 Å². The summed E-state index contributed by atoms with van der Waals surface area (Å²) < 4.78 is 4.17. The van der Waals surface area contributed by atoms with Gasteiger partial charge in [0.1, 0.15) is 17.8 Å². The van der Waals surface area contributed by atoms with E-state index in [0.717, 1.165) is 60.6 Å². The lowest BCUT2D eigenvalue weighted by atomic mass is 9.57. The van der Waals surface area contributed by atoms with Gasteiger partial charge in [0.25, 0.3) is 5.91 Å². The molecule has 2 fully saturated rings. The number of rotatable bonds is 7. The summed E-state index contributed by atoms with van der Waals surface area (Å²) >= 11 is 0. The predicted molar refractivity (Wildman–Crippen MR) is 148 cm³/mol. The molecule has 2 N–H and O–H groups in total. The number of pyridine rings is 1. The van der Waals surface area contributed by atoms with Gasteiger partial charge in [-0.3, -0.25) is 9.69 Å². The maximum absolute atomic E-state index is 12.1. The molecule has 4 heterocycles. The Morgan fingerprint density at radius 2 is 2.10 bits per heavy atom. The molecule has 6 rings (SSSR count). The summed E-state index contributed by atoms with van der Waals surface area (Å²) in [7, 11) is 1.98. The number of hydrogen-bond donors (Lipinski definition) is 1. The van der Waals surface area contributed by atoms with Gasteiger partial charge >= 0.3 is 0 Å². The van der Waals surface area contributed by atoms with Gasteiger partial charge in [0.2, 0.25) is 0 Å². The van der Waals surface area contributed by atoms with Crippen LogP contribution in [-0.2, 0) is 19.0 Å².